The van der Waals surface area contributed by atoms with Crippen molar-refractivity contribution in [3.63, 3.8) is 0 Å². The first-order valence-electron chi connectivity index (χ1n) is 14.2. The molecule has 34 heavy (non-hydrogen) atoms. The average molecular weight is 473 g/mol. The highest BCUT2D eigenvalue weighted by Crippen LogP contribution is 2.69. The number of aliphatic hydroxyl groups is 1. The summed E-state index contributed by atoms with van der Waals surface area (Å²) in [5.41, 5.74) is 0.532. The molecule has 4 aliphatic carbocycles. The summed E-state index contributed by atoms with van der Waals surface area (Å²) >= 11 is 0. The van der Waals surface area contributed by atoms with E-state index in [0.717, 1.165) is 32.1 Å². The van der Waals surface area contributed by atoms with Crippen molar-refractivity contribution in [3.05, 3.63) is 12.7 Å². The van der Waals surface area contributed by atoms with E-state index in [0.29, 0.717) is 60.9 Å². The molecule has 0 amide bonds. The van der Waals surface area contributed by atoms with Crippen molar-refractivity contribution in [1.82, 2.24) is 0 Å². The van der Waals surface area contributed by atoms with Crippen LogP contribution < -0.4 is 0 Å². The molecule has 0 aromatic carbocycles. The molecule has 4 saturated carbocycles. The molecule has 1 spiro atoms. The quantitative estimate of drug-likeness (QED) is 0.470. The predicted octanol–water partition coefficient (Wildman–Crippen LogP) is 6.17. The lowest BCUT2D eigenvalue weighted by molar-refractivity contribution is -0.242. The molecule has 9 atom stereocenters. The summed E-state index contributed by atoms with van der Waals surface area (Å²) in [5.74, 6) is 3.20. The summed E-state index contributed by atoms with van der Waals surface area (Å²) in [4.78, 5) is 12.3. The lowest BCUT2D eigenvalue weighted by Gasteiger charge is -2.63. The van der Waals surface area contributed by atoms with Crippen LogP contribution in [0.4, 0.5) is 0 Å². The van der Waals surface area contributed by atoms with Crippen LogP contribution in [0.5, 0.6) is 0 Å². The summed E-state index contributed by atoms with van der Waals surface area (Å²) in [6.45, 7) is 14.7. The molecule has 0 bridgehead atoms. The number of carbonyl (C=O) groups is 1. The van der Waals surface area contributed by atoms with Crippen LogP contribution in [0, 0.1) is 52.3 Å². The van der Waals surface area contributed by atoms with Crippen molar-refractivity contribution in [1.29, 1.82) is 0 Å². The third kappa shape index (κ3) is 3.86. The van der Waals surface area contributed by atoms with Gasteiger partial charge >= 0.3 is 0 Å². The zero-order chi connectivity index (χ0) is 24.3. The van der Waals surface area contributed by atoms with Gasteiger partial charge in [-0.25, -0.2) is 0 Å². The Morgan fingerprint density at radius 3 is 2.44 bits per heavy atom. The highest BCUT2D eigenvalue weighted by Gasteiger charge is 2.64. The zero-order valence-corrected chi connectivity index (χ0v) is 22.1. The fraction of sp³-hybridized carbons (Fsp3) is 0.900. The molecule has 0 aromatic heterocycles. The first-order chi connectivity index (χ1) is 16.1. The minimum absolute atomic E-state index is 0.119. The van der Waals surface area contributed by atoms with Crippen molar-refractivity contribution >= 4 is 5.78 Å². The highest BCUT2D eigenvalue weighted by molar-refractivity contribution is 5.80. The Balaban J connectivity index is 1.34. The number of fused-ring (bicyclic) bond motifs is 5. The van der Waals surface area contributed by atoms with Crippen LogP contribution in [0.3, 0.4) is 0 Å². The normalized spacial score (nSPS) is 46.1. The lowest BCUT2D eigenvalue weighted by atomic mass is 9.43. The molecule has 192 valence electrons. The van der Waals surface area contributed by atoms with Crippen LogP contribution in [0.2, 0.25) is 0 Å². The topological polar surface area (TPSA) is 55.8 Å². The number of Topliss-reactive ketones (excluding diaryl/α,β-unsaturated/α-hetero) is 1. The molecule has 1 N–H and O–H groups in total. The number of rotatable bonds is 6. The van der Waals surface area contributed by atoms with E-state index < -0.39 is 0 Å². The Hall–Kier alpha value is -0.710. The van der Waals surface area contributed by atoms with E-state index in [-0.39, 0.29) is 28.6 Å². The van der Waals surface area contributed by atoms with Crippen molar-refractivity contribution in [2.75, 3.05) is 13.2 Å². The van der Waals surface area contributed by atoms with Crippen LogP contribution >= 0.6 is 0 Å². The summed E-state index contributed by atoms with van der Waals surface area (Å²) in [5, 5.41) is 11.6. The number of ether oxygens (including phenoxy) is 2. The molecule has 5 fully saturated rings. The molecule has 5 rings (SSSR count). The first kappa shape index (κ1) is 25.0. The summed E-state index contributed by atoms with van der Waals surface area (Å²) in [6, 6.07) is 0. The molecule has 1 aliphatic heterocycles. The third-order valence-corrected chi connectivity index (χ3v) is 11.8. The fourth-order valence-electron chi connectivity index (χ4n) is 9.75. The van der Waals surface area contributed by atoms with Crippen LogP contribution in [0.25, 0.3) is 0 Å². The summed E-state index contributed by atoms with van der Waals surface area (Å²) < 4.78 is 12.2. The average Bonchev–Trinajstić information content (AvgIpc) is 3.40. The molecular formula is C30H48O4. The van der Waals surface area contributed by atoms with Gasteiger partial charge < -0.3 is 14.6 Å². The van der Waals surface area contributed by atoms with Gasteiger partial charge in [0.25, 0.3) is 0 Å². The van der Waals surface area contributed by atoms with E-state index in [1.165, 1.54) is 25.7 Å². The third-order valence-electron chi connectivity index (χ3n) is 11.8. The Kier molecular flexibility index (Phi) is 6.60. The van der Waals surface area contributed by atoms with Gasteiger partial charge in [-0.3, -0.25) is 4.79 Å². The number of hydrogen-bond donors (Lipinski definition) is 1. The highest BCUT2D eigenvalue weighted by atomic mass is 16.7. The second-order valence-electron chi connectivity index (χ2n) is 13.4. The predicted molar refractivity (Wildman–Crippen MR) is 134 cm³/mol. The van der Waals surface area contributed by atoms with Gasteiger partial charge in [0, 0.05) is 25.2 Å². The minimum Gasteiger partial charge on any atom is -0.393 e. The zero-order valence-electron chi connectivity index (χ0n) is 22.1. The SMILES string of the molecule is C=C[C@H](CCC(=O)C(C)C)[C@H]1CCC2C3C(CC[C@@]21C)[C@@]1(C)CCC2(C[C@@H]1C[C@H]3O)OCCO2. The summed E-state index contributed by atoms with van der Waals surface area (Å²) in [7, 11) is 0. The van der Waals surface area contributed by atoms with E-state index in [4.69, 9.17) is 9.47 Å². The van der Waals surface area contributed by atoms with Gasteiger partial charge in [-0.2, -0.15) is 0 Å². The van der Waals surface area contributed by atoms with Crippen molar-refractivity contribution in [2.45, 2.75) is 104 Å². The Morgan fingerprint density at radius 2 is 1.76 bits per heavy atom. The summed E-state index contributed by atoms with van der Waals surface area (Å²) in [6.07, 6.45) is 12.5. The lowest BCUT2D eigenvalue weighted by Crippen LogP contribution is -2.60. The molecular weight excluding hydrogens is 424 g/mol. The Morgan fingerprint density at radius 1 is 1.06 bits per heavy atom. The second kappa shape index (κ2) is 8.99. The molecule has 4 heteroatoms. The second-order valence-corrected chi connectivity index (χ2v) is 13.4. The Bertz CT molecular complexity index is 785. The van der Waals surface area contributed by atoms with Crippen LogP contribution in [-0.2, 0) is 14.3 Å². The van der Waals surface area contributed by atoms with Gasteiger partial charge in [-0.05, 0) is 91.3 Å². The number of hydrogen-bond acceptors (Lipinski definition) is 4. The number of ketones is 1. The monoisotopic (exact) mass is 472 g/mol. The molecule has 0 aromatic rings. The smallest absolute Gasteiger partial charge is 0.168 e. The maximum Gasteiger partial charge on any atom is 0.168 e. The molecule has 3 unspecified atom stereocenters. The standard InChI is InChI=1S/C30H48O4/c1-6-20(7-10-25(31)19(2)3)22-8-9-23-27-24(11-12-29(22,23)5)28(4)13-14-30(33-15-16-34-30)18-21(28)17-26(27)32/h6,19-24,26-27,32H,1,7-18H2,2-5H3/t20-,21+,22-,23?,24?,26-,27?,28+,29-/m1/s1. The minimum atomic E-state index is -0.372. The molecule has 0 radical (unpaired) electrons. The van der Waals surface area contributed by atoms with Gasteiger partial charge in [-0.1, -0.05) is 33.8 Å². The maximum atomic E-state index is 12.3. The fourth-order valence-corrected chi connectivity index (χ4v) is 9.75. The van der Waals surface area contributed by atoms with E-state index >= 15 is 0 Å². The van der Waals surface area contributed by atoms with E-state index in [2.05, 4.69) is 26.5 Å². The van der Waals surface area contributed by atoms with Crippen LogP contribution in [0.1, 0.15) is 91.9 Å². The first-order valence-corrected chi connectivity index (χ1v) is 14.2. The maximum absolute atomic E-state index is 12.3. The van der Waals surface area contributed by atoms with Crippen LogP contribution in [0.15, 0.2) is 12.7 Å². The van der Waals surface area contributed by atoms with Gasteiger partial charge in [0.1, 0.15) is 5.78 Å². The molecule has 1 saturated heterocycles. The largest absolute Gasteiger partial charge is 0.393 e. The van der Waals surface area contributed by atoms with E-state index in [1.54, 1.807) is 0 Å². The van der Waals surface area contributed by atoms with Gasteiger partial charge in [0.2, 0.25) is 0 Å². The van der Waals surface area contributed by atoms with Crippen molar-refractivity contribution in [3.8, 4) is 0 Å². The van der Waals surface area contributed by atoms with Gasteiger partial charge in [-0.15, -0.1) is 6.58 Å². The Labute approximate surface area is 207 Å². The van der Waals surface area contributed by atoms with E-state index in [9.17, 15) is 9.90 Å². The number of allylic oxidation sites excluding steroid dienone is 1. The van der Waals surface area contributed by atoms with Gasteiger partial charge in [0.05, 0.1) is 19.3 Å². The van der Waals surface area contributed by atoms with Crippen LogP contribution in [-0.4, -0.2) is 36.0 Å². The molecule has 1 heterocycles. The van der Waals surface area contributed by atoms with Crippen molar-refractivity contribution in [2.24, 2.45) is 52.3 Å². The number of carbonyl (C=O) groups excluding carboxylic acids is 1. The van der Waals surface area contributed by atoms with E-state index in [1.807, 2.05) is 13.8 Å². The molecule has 4 nitrogen and oxygen atoms in total. The number of aliphatic hydroxyl groups excluding tert-OH is 1. The van der Waals surface area contributed by atoms with Crippen molar-refractivity contribution < 1.29 is 19.4 Å². The van der Waals surface area contributed by atoms with Gasteiger partial charge in [0.15, 0.2) is 5.79 Å². The molecule has 5 aliphatic rings.